The predicted molar refractivity (Wildman–Crippen MR) is 77.2 cm³/mol. The zero-order chi connectivity index (χ0) is 13.3. The second-order valence-corrected chi connectivity index (χ2v) is 5.34. The molecule has 0 radical (unpaired) electrons. The van der Waals surface area contributed by atoms with Crippen molar-refractivity contribution >= 4 is 34.8 Å². The van der Waals surface area contributed by atoms with Gasteiger partial charge in [-0.15, -0.1) is 11.6 Å². The molecule has 18 heavy (non-hydrogen) atoms. The molecule has 0 unspecified atom stereocenters. The SMILES string of the molecule is CC(C)c1nn(-c2ccccc2Cl)c(Cl)c1CCl. The van der Waals surface area contributed by atoms with Crippen LogP contribution >= 0.6 is 34.8 Å². The second-order valence-electron chi connectivity index (χ2n) is 4.31. The summed E-state index contributed by atoms with van der Waals surface area (Å²) in [7, 11) is 0. The van der Waals surface area contributed by atoms with E-state index in [-0.39, 0.29) is 5.92 Å². The molecule has 2 nitrogen and oxygen atoms in total. The maximum atomic E-state index is 6.34. The van der Waals surface area contributed by atoms with E-state index in [2.05, 4.69) is 18.9 Å². The van der Waals surface area contributed by atoms with Crippen molar-refractivity contribution in [2.24, 2.45) is 0 Å². The molecular weight excluding hydrogens is 291 g/mol. The van der Waals surface area contributed by atoms with Crippen LogP contribution in [0.4, 0.5) is 0 Å². The molecule has 0 spiro atoms. The molecule has 0 aliphatic heterocycles. The highest BCUT2D eigenvalue weighted by Gasteiger charge is 2.19. The lowest BCUT2D eigenvalue weighted by Crippen LogP contribution is -1.99. The van der Waals surface area contributed by atoms with Crippen molar-refractivity contribution in [3.63, 3.8) is 0 Å². The first-order valence-electron chi connectivity index (χ1n) is 5.64. The van der Waals surface area contributed by atoms with Crippen LogP contribution in [-0.4, -0.2) is 9.78 Å². The zero-order valence-corrected chi connectivity index (χ0v) is 12.4. The van der Waals surface area contributed by atoms with Crippen molar-refractivity contribution in [2.45, 2.75) is 25.6 Å². The number of hydrogen-bond acceptors (Lipinski definition) is 1. The average molecular weight is 304 g/mol. The van der Waals surface area contributed by atoms with Gasteiger partial charge in [-0.2, -0.15) is 5.10 Å². The Balaban J connectivity index is 2.63. The van der Waals surface area contributed by atoms with E-state index in [9.17, 15) is 0 Å². The van der Waals surface area contributed by atoms with Crippen molar-refractivity contribution in [1.29, 1.82) is 0 Å². The summed E-state index contributed by atoms with van der Waals surface area (Å²) in [6.07, 6.45) is 0. The van der Waals surface area contributed by atoms with Crippen molar-refractivity contribution < 1.29 is 0 Å². The zero-order valence-electron chi connectivity index (χ0n) is 10.1. The number of rotatable bonds is 3. The normalized spacial score (nSPS) is 11.2. The van der Waals surface area contributed by atoms with Gasteiger partial charge in [0.05, 0.1) is 22.3 Å². The first-order valence-corrected chi connectivity index (χ1v) is 6.93. The van der Waals surface area contributed by atoms with Crippen LogP contribution < -0.4 is 0 Å². The number of benzene rings is 1. The van der Waals surface area contributed by atoms with Crippen LogP contribution in [0, 0.1) is 0 Å². The maximum absolute atomic E-state index is 6.34. The number of halogens is 3. The van der Waals surface area contributed by atoms with Crippen LogP contribution in [0.5, 0.6) is 0 Å². The topological polar surface area (TPSA) is 17.8 Å². The molecular formula is C13H13Cl3N2. The van der Waals surface area contributed by atoms with Crippen molar-refractivity contribution in [1.82, 2.24) is 9.78 Å². The van der Waals surface area contributed by atoms with Gasteiger partial charge in [-0.3, -0.25) is 0 Å². The summed E-state index contributed by atoms with van der Waals surface area (Å²) < 4.78 is 1.65. The molecule has 0 atom stereocenters. The molecule has 0 N–H and O–H groups in total. The van der Waals surface area contributed by atoms with Gasteiger partial charge in [-0.25, -0.2) is 4.68 Å². The first-order chi connectivity index (χ1) is 8.56. The number of para-hydroxylation sites is 1. The van der Waals surface area contributed by atoms with E-state index in [1.165, 1.54) is 0 Å². The van der Waals surface area contributed by atoms with E-state index in [0.717, 1.165) is 16.9 Å². The third kappa shape index (κ3) is 2.37. The minimum atomic E-state index is 0.264. The van der Waals surface area contributed by atoms with Crippen LogP contribution in [0.1, 0.15) is 31.0 Å². The van der Waals surface area contributed by atoms with Gasteiger partial charge in [0.25, 0.3) is 0 Å². The van der Waals surface area contributed by atoms with Gasteiger partial charge in [0, 0.05) is 5.56 Å². The van der Waals surface area contributed by atoms with E-state index in [1.54, 1.807) is 4.68 Å². The van der Waals surface area contributed by atoms with Crippen LogP contribution in [0.25, 0.3) is 5.69 Å². The predicted octanol–water partition coefficient (Wildman–Crippen LogP) is 5.04. The van der Waals surface area contributed by atoms with Gasteiger partial charge in [0.1, 0.15) is 5.15 Å². The molecule has 1 aromatic carbocycles. The Kier molecular flexibility index (Phi) is 4.21. The largest absolute Gasteiger partial charge is 0.220 e. The Morgan fingerprint density at radius 3 is 2.39 bits per heavy atom. The molecule has 96 valence electrons. The second kappa shape index (κ2) is 5.52. The molecule has 0 fully saturated rings. The number of hydrogen-bond donors (Lipinski definition) is 0. The van der Waals surface area contributed by atoms with Gasteiger partial charge in [-0.05, 0) is 18.1 Å². The molecule has 5 heteroatoms. The lowest BCUT2D eigenvalue weighted by atomic mass is 10.1. The summed E-state index contributed by atoms with van der Waals surface area (Å²) in [6.45, 7) is 4.12. The van der Waals surface area contributed by atoms with Crippen molar-refractivity contribution in [3.8, 4) is 5.69 Å². The Labute approximate surface area is 121 Å². The number of nitrogens with zero attached hydrogens (tertiary/aromatic N) is 2. The highest BCUT2D eigenvalue weighted by molar-refractivity contribution is 6.33. The quantitative estimate of drug-likeness (QED) is 0.726. The van der Waals surface area contributed by atoms with E-state index in [0.29, 0.717) is 16.1 Å². The lowest BCUT2D eigenvalue weighted by Gasteiger charge is -2.05. The summed E-state index contributed by atoms with van der Waals surface area (Å²) in [5.74, 6) is 0.608. The van der Waals surface area contributed by atoms with Crippen LogP contribution in [0.15, 0.2) is 24.3 Å². The lowest BCUT2D eigenvalue weighted by molar-refractivity contribution is 0.765. The van der Waals surface area contributed by atoms with E-state index in [4.69, 9.17) is 34.8 Å². The minimum absolute atomic E-state index is 0.264. The highest BCUT2D eigenvalue weighted by Crippen LogP contribution is 2.31. The van der Waals surface area contributed by atoms with Crippen LogP contribution in [0.2, 0.25) is 10.2 Å². The molecule has 0 amide bonds. The minimum Gasteiger partial charge on any atom is -0.220 e. The van der Waals surface area contributed by atoms with Gasteiger partial charge >= 0.3 is 0 Å². The van der Waals surface area contributed by atoms with Gasteiger partial charge in [0.15, 0.2) is 0 Å². The monoisotopic (exact) mass is 302 g/mol. The van der Waals surface area contributed by atoms with E-state index in [1.807, 2.05) is 24.3 Å². The summed E-state index contributed by atoms with van der Waals surface area (Å²) in [5.41, 5.74) is 2.55. The van der Waals surface area contributed by atoms with E-state index >= 15 is 0 Å². The summed E-state index contributed by atoms with van der Waals surface area (Å²) in [4.78, 5) is 0. The highest BCUT2D eigenvalue weighted by atomic mass is 35.5. The van der Waals surface area contributed by atoms with Crippen LogP contribution in [-0.2, 0) is 5.88 Å². The maximum Gasteiger partial charge on any atom is 0.137 e. The van der Waals surface area contributed by atoms with Gasteiger partial charge < -0.3 is 0 Å². The molecule has 2 aromatic rings. The third-order valence-corrected chi connectivity index (χ3v) is 3.69. The number of aromatic nitrogens is 2. The summed E-state index contributed by atoms with van der Waals surface area (Å²) in [5, 5.41) is 5.67. The molecule has 0 aliphatic rings. The fraction of sp³-hybridized carbons (Fsp3) is 0.308. The average Bonchev–Trinajstić information content (AvgIpc) is 2.67. The van der Waals surface area contributed by atoms with Crippen molar-refractivity contribution in [3.05, 3.63) is 45.7 Å². The third-order valence-electron chi connectivity index (χ3n) is 2.71. The Morgan fingerprint density at radius 1 is 1.22 bits per heavy atom. The first kappa shape index (κ1) is 13.7. The van der Waals surface area contributed by atoms with Crippen LogP contribution in [0.3, 0.4) is 0 Å². The van der Waals surface area contributed by atoms with Crippen molar-refractivity contribution in [2.75, 3.05) is 0 Å². The molecule has 0 saturated heterocycles. The molecule has 1 aromatic heterocycles. The molecule has 0 aliphatic carbocycles. The Morgan fingerprint density at radius 2 is 1.89 bits per heavy atom. The fourth-order valence-electron chi connectivity index (χ4n) is 1.82. The van der Waals surface area contributed by atoms with E-state index < -0.39 is 0 Å². The standard InChI is InChI=1S/C13H13Cl3N2/c1-8(2)12-9(7-14)13(16)18(17-12)11-6-4-3-5-10(11)15/h3-6,8H,7H2,1-2H3. The summed E-state index contributed by atoms with van der Waals surface area (Å²) in [6, 6.07) is 7.46. The van der Waals surface area contributed by atoms with Gasteiger partial charge in [0.2, 0.25) is 0 Å². The fourth-order valence-corrected chi connectivity index (χ4v) is 2.66. The molecule has 0 bridgehead atoms. The smallest absolute Gasteiger partial charge is 0.137 e. The Bertz CT molecular complexity index is 561. The molecule has 0 saturated carbocycles. The van der Waals surface area contributed by atoms with Gasteiger partial charge in [-0.1, -0.05) is 49.2 Å². The molecule has 2 rings (SSSR count). The number of alkyl halides is 1. The summed E-state index contributed by atoms with van der Waals surface area (Å²) >= 11 is 18.5. The molecule has 1 heterocycles. The Hall–Kier alpha value is -0.700.